The maximum atomic E-state index is 13.8. The summed E-state index contributed by atoms with van der Waals surface area (Å²) in [5, 5.41) is 2.35. The minimum Gasteiger partial charge on any atom is -0.487 e. The summed E-state index contributed by atoms with van der Waals surface area (Å²) in [6.45, 7) is 1.63. The Balaban J connectivity index is 1.81. The fraction of sp³-hybridized carbons (Fsp3) is 0.200. The zero-order chi connectivity index (χ0) is 22.5. The number of pyridine rings is 1. The van der Waals surface area contributed by atoms with Gasteiger partial charge in [0, 0.05) is 29.6 Å². The molecule has 0 aliphatic rings. The minimum absolute atomic E-state index is 0.0374. The van der Waals surface area contributed by atoms with Crippen LogP contribution in [-0.4, -0.2) is 27.7 Å². The number of hydrogen-bond acceptors (Lipinski definition) is 6. The van der Waals surface area contributed by atoms with Gasteiger partial charge in [0.15, 0.2) is 0 Å². The number of amides is 1. The Morgan fingerprint density at radius 1 is 1.26 bits per heavy atom. The number of benzene rings is 1. The van der Waals surface area contributed by atoms with Gasteiger partial charge in [0.2, 0.25) is 5.95 Å². The van der Waals surface area contributed by atoms with Gasteiger partial charge >= 0.3 is 6.09 Å². The van der Waals surface area contributed by atoms with Gasteiger partial charge in [0.25, 0.3) is 5.56 Å². The Morgan fingerprint density at radius 3 is 2.74 bits per heavy atom. The van der Waals surface area contributed by atoms with Gasteiger partial charge in [-0.05, 0) is 41.1 Å². The van der Waals surface area contributed by atoms with E-state index < -0.39 is 23.3 Å². The van der Waals surface area contributed by atoms with Crippen molar-refractivity contribution in [2.45, 2.75) is 20.1 Å². The number of carbonyl (C=O) groups excluding carboxylic acids is 1. The highest BCUT2D eigenvalue weighted by Gasteiger charge is 2.15. The van der Waals surface area contributed by atoms with Crippen LogP contribution in [0, 0.1) is 18.6 Å². The van der Waals surface area contributed by atoms with Crippen LogP contribution in [-0.2, 0) is 17.9 Å². The second-order valence-electron chi connectivity index (χ2n) is 6.37. The highest BCUT2D eigenvalue weighted by atomic mass is 79.9. The lowest BCUT2D eigenvalue weighted by atomic mass is 10.2. The number of nitrogens with one attached hydrogen (secondary N) is 1. The summed E-state index contributed by atoms with van der Waals surface area (Å²) in [6.07, 6.45) is 0.727. The molecule has 0 aliphatic carbocycles. The lowest BCUT2D eigenvalue weighted by Crippen LogP contribution is -2.25. The van der Waals surface area contributed by atoms with E-state index >= 15 is 0 Å². The molecule has 0 aliphatic heterocycles. The predicted molar refractivity (Wildman–Crippen MR) is 111 cm³/mol. The van der Waals surface area contributed by atoms with E-state index in [1.165, 1.54) is 23.9 Å². The molecule has 0 unspecified atom stereocenters. The van der Waals surface area contributed by atoms with Crippen molar-refractivity contribution < 1.29 is 23.0 Å². The van der Waals surface area contributed by atoms with Crippen LogP contribution in [0.3, 0.4) is 0 Å². The highest BCUT2D eigenvalue weighted by molar-refractivity contribution is 9.10. The SMILES string of the molecule is COC(=O)Nc1nccc(Cn2c(C)cc(OCc3ccc(F)cc3F)c(Br)c2=O)n1. The molecule has 2 heterocycles. The fourth-order valence-electron chi connectivity index (χ4n) is 2.66. The molecule has 0 bridgehead atoms. The standard InChI is InChI=1S/C20H17BrF2N4O4/c1-11-7-16(31-10-12-3-4-13(22)8-15(12)23)17(21)18(28)27(11)9-14-5-6-24-19(25-14)26-20(29)30-2/h3-8H,9-10H2,1-2H3,(H,24,25,26,29). The Kier molecular flexibility index (Phi) is 6.95. The van der Waals surface area contributed by atoms with Gasteiger partial charge in [-0.3, -0.25) is 10.1 Å². The van der Waals surface area contributed by atoms with Crippen LogP contribution < -0.4 is 15.6 Å². The minimum atomic E-state index is -0.735. The molecular formula is C20H17BrF2N4O4. The number of rotatable bonds is 6. The Hall–Kier alpha value is -3.34. The third-order valence-electron chi connectivity index (χ3n) is 4.25. The van der Waals surface area contributed by atoms with E-state index in [-0.39, 0.29) is 34.9 Å². The van der Waals surface area contributed by atoms with Crippen molar-refractivity contribution in [3.8, 4) is 5.75 Å². The van der Waals surface area contributed by atoms with Crippen LogP contribution in [0.5, 0.6) is 5.75 Å². The van der Waals surface area contributed by atoms with Crippen LogP contribution in [0.1, 0.15) is 17.0 Å². The van der Waals surface area contributed by atoms with Crippen molar-refractivity contribution in [3.05, 3.63) is 79.9 Å². The molecule has 0 saturated heterocycles. The van der Waals surface area contributed by atoms with E-state index in [1.54, 1.807) is 19.1 Å². The zero-order valence-corrected chi connectivity index (χ0v) is 18.1. The molecule has 162 valence electrons. The number of aromatic nitrogens is 3. The molecule has 31 heavy (non-hydrogen) atoms. The first kappa shape index (κ1) is 22.3. The molecule has 0 spiro atoms. The van der Waals surface area contributed by atoms with Crippen molar-refractivity contribution in [3.63, 3.8) is 0 Å². The summed E-state index contributed by atoms with van der Waals surface area (Å²) in [7, 11) is 1.22. The van der Waals surface area contributed by atoms with Crippen LogP contribution in [0.4, 0.5) is 19.5 Å². The quantitative estimate of drug-likeness (QED) is 0.559. The maximum Gasteiger partial charge on any atom is 0.413 e. The Morgan fingerprint density at radius 2 is 2.03 bits per heavy atom. The summed E-state index contributed by atoms with van der Waals surface area (Å²) >= 11 is 3.22. The van der Waals surface area contributed by atoms with Gasteiger partial charge in [-0.1, -0.05) is 0 Å². The highest BCUT2D eigenvalue weighted by Crippen LogP contribution is 2.24. The number of nitrogens with zero attached hydrogens (tertiary/aromatic N) is 3. The Labute approximate surface area is 184 Å². The molecule has 2 aromatic heterocycles. The Bertz CT molecular complexity index is 1190. The normalized spacial score (nSPS) is 10.6. The molecule has 0 fully saturated rings. The summed E-state index contributed by atoms with van der Waals surface area (Å²) in [4.78, 5) is 32.2. The summed E-state index contributed by atoms with van der Waals surface area (Å²) in [5.74, 6) is -1.16. The molecule has 11 heteroatoms. The van der Waals surface area contributed by atoms with E-state index in [0.29, 0.717) is 11.4 Å². The number of anilines is 1. The third kappa shape index (κ3) is 5.43. The topological polar surface area (TPSA) is 95.3 Å². The summed E-state index contributed by atoms with van der Waals surface area (Å²) in [6, 6.07) is 6.39. The van der Waals surface area contributed by atoms with Gasteiger partial charge in [0.05, 0.1) is 19.3 Å². The third-order valence-corrected chi connectivity index (χ3v) is 4.98. The lowest BCUT2D eigenvalue weighted by Gasteiger charge is -2.15. The largest absolute Gasteiger partial charge is 0.487 e. The monoisotopic (exact) mass is 494 g/mol. The van der Waals surface area contributed by atoms with Gasteiger partial charge in [-0.25, -0.2) is 23.5 Å². The van der Waals surface area contributed by atoms with E-state index in [4.69, 9.17) is 4.74 Å². The van der Waals surface area contributed by atoms with Crippen molar-refractivity contribution in [1.82, 2.24) is 14.5 Å². The molecular weight excluding hydrogens is 478 g/mol. The molecule has 0 atom stereocenters. The van der Waals surface area contributed by atoms with Crippen molar-refractivity contribution >= 4 is 28.0 Å². The second-order valence-corrected chi connectivity index (χ2v) is 7.16. The van der Waals surface area contributed by atoms with Crippen molar-refractivity contribution in [1.29, 1.82) is 0 Å². The van der Waals surface area contributed by atoms with Crippen LogP contribution in [0.25, 0.3) is 0 Å². The van der Waals surface area contributed by atoms with Crippen LogP contribution >= 0.6 is 15.9 Å². The van der Waals surface area contributed by atoms with E-state index in [9.17, 15) is 18.4 Å². The molecule has 1 amide bonds. The summed E-state index contributed by atoms with van der Waals surface area (Å²) in [5.41, 5.74) is 0.793. The van der Waals surface area contributed by atoms with E-state index in [0.717, 1.165) is 12.1 Å². The smallest absolute Gasteiger partial charge is 0.413 e. The molecule has 0 radical (unpaired) electrons. The van der Waals surface area contributed by atoms with Crippen LogP contribution in [0.2, 0.25) is 0 Å². The lowest BCUT2D eigenvalue weighted by molar-refractivity contribution is 0.186. The number of carbonyl (C=O) groups is 1. The van der Waals surface area contributed by atoms with Crippen LogP contribution in [0.15, 0.2) is 45.8 Å². The number of hydrogen-bond donors (Lipinski definition) is 1. The maximum absolute atomic E-state index is 13.8. The molecule has 0 saturated carbocycles. The van der Waals surface area contributed by atoms with E-state index in [1.807, 2.05) is 0 Å². The van der Waals surface area contributed by atoms with Gasteiger partial charge < -0.3 is 14.0 Å². The zero-order valence-electron chi connectivity index (χ0n) is 16.5. The molecule has 3 rings (SSSR count). The second kappa shape index (κ2) is 9.65. The average molecular weight is 495 g/mol. The molecule has 8 nitrogen and oxygen atoms in total. The van der Waals surface area contributed by atoms with E-state index in [2.05, 4.69) is 36.0 Å². The molecule has 3 aromatic rings. The average Bonchev–Trinajstić information content (AvgIpc) is 2.74. The van der Waals surface area contributed by atoms with Gasteiger partial charge in [-0.2, -0.15) is 0 Å². The predicted octanol–water partition coefficient (Wildman–Crippen LogP) is 3.79. The fourth-order valence-corrected chi connectivity index (χ4v) is 3.10. The van der Waals surface area contributed by atoms with Crippen molar-refractivity contribution in [2.75, 3.05) is 12.4 Å². The number of ether oxygens (including phenoxy) is 2. The van der Waals surface area contributed by atoms with Gasteiger partial charge in [0.1, 0.15) is 28.5 Å². The van der Waals surface area contributed by atoms with Crippen molar-refractivity contribution in [2.24, 2.45) is 0 Å². The number of aryl methyl sites for hydroxylation is 1. The first-order valence-corrected chi connectivity index (χ1v) is 9.71. The summed E-state index contributed by atoms with van der Waals surface area (Å²) < 4.78 is 38.5. The first-order chi connectivity index (χ1) is 14.8. The first-order valence-electron chi connectivity index (χ1n) is 8.92. The molecule has 1 aromatic carbocycles. The number of methoxy groups -OCH3 is 1. The van der Waals surface area contributed by atoms with Gasteiger partial charge in [-0.15, -0.1) is 0 Å². The molecule has 1 N–H and O–H groups in total. The number of halogens is 3.